The van der Waals surface area contributed by atoms with Crippen molar-refractivity contribution in [2.75, 3.05) is 19.7 Å². The Balaban J connectivity index is 2.31. The van der Waals surface area contributed by atoms with Crippen molar-refractivity contribution in [3.05, 3.63) is 0 Å². The van der Waals surface area contributed by atoms with E-state index < -0.39 is 0 Å². The van der Waals surface area contributed by atoms with Gasteiger partial charge in [-0.15, -0.1) is 0 Å². The molecule has 0 saturated carbocycles. The Hall–Kier alpha value is -0.610. The second-order valence-electron chi connectivity index (χ2n) is 4.55. The molecule has 1 fully saturated rings. The third-order valence-electron chi connectivity index (χ3n) is 2.98. The molecule has 1 amide bonds. The smallest absolute Gasteiger partial charge is 0.251 e. The van der Waals surface area contributed by atoms with E-state index in [1.54, 1.807) is 0 Å². The second-order valence-corrected chi connectivity index (χ2v) is 4.55. The lowest BCUT2D eigenvalue weighted by Crippen LogP contribution is -2.49. The Morgan fingerprint density at radius 2 is 2.38 bits per heavy atom. The summed E-state index contributed by atoms with van der Waals surface area (Å²) in [6.07, 6.45) is 3.81. The van der Waals surface area contributed by atoms with E-state index in [0.29, 0.717) is 13.2 Å². The summed E-state index contributed by atoms with van der Waals surface area (Å²) in [5.74, 6) is 0.0891. The lowest BCUT2D eigenvalue weighted by Gasteiger charge is -2.32. The van der Waals surface area contributed by atoms with Gasteiger partial charge in [0.25, 0.3) is 5.91 Å². The van der Waals surface area contributed by atoms with Crippen molar-refractivity contribution < 1.29 is 9.53 Å². The molecular formula is C12H24N2O2. The van der Waals surface area contributed by atoms with Gasteiger partial charge in [-0.2, -0.15) is 0 Å². The highest BCUT2D eigenvalue weighted by Crippen LogP contribution is 2.10. The first-order chi connectivity index (χ1) is 7.65. The van der Waals surface area contributed by atoms with Gasteiger partial charge in [-0.05, 0) is 26.2 Å². The molecule has 0 radical (unpaired) electrons. The molecule has 4 heteroatoms. The average molecular weight is 228 g/mol. The fourth-order valence-electron chi connectivity index (χ4n) is 1.94. The number of unbranched alkanes of at least 4 members (excludes halogenated alkanes) is 1. The third kappa shape index (κ3) is 4.10. The fraction of sp³-hybridized carbons (Fsp3) is 0.917. The average Bonchev–Trinajstić information content (AvgIpc) is 2.28. The van der Waals surface area contributed by atoms with Gasteiger partial charge in [-0.1, -0.05) is 13.3 Å². The number of nitrogens with two attached hydrogens (primary N) is 1. The Morgan fingerprint density at radius 1 is 1.62 bits per heavy atom. The predicted octanol–water partition coefficient (Wildman–Crippen LogP) is 1.14. The highest BCUT2D eigenvalue weighted by atomic mass is 16.5. The van der Waals surface area contributed by atoms with Crippen molar-refractivity contribution in [3.63, 3.8) is 0 Å². The van der Waals surface area contributed by atoms with Crippen molar-refractivity contribution in [2.24, 2.45) is 5.73 Å². The van der Waals surface area contributed by atoms with Crippen LogP contribution in [0.25, 0.3) is 0 Å². The van der Waals surface area contributed by atoms with E-state index in [1.807, 2.05) is 11.8 Å². The summed E-state index contributed by atoms with van der Waals surface area (Å²) < 4.78 is 5.50. The van der Waals surface area contributed by atoms with Crippen molar-refractivity contribution in [1.29, 1.82) is 0 Å². The maximum atomic E-state index is 12.0. The van der Waals surface area contributed by atoms with Gasteiger partial charge < -0.3 is 15.4 Å². The van der Waals surface area contributed by atoms with E-state index in [9.17, 15) is 4.79 Å². The van der Waals surface area contributed by atoms with Gasteiger partial charge in [0, 0.05) is 25.7 Å². The second kappa shape index (κ2) is 6.86. The Morgan fingerprint density at radius 3 is 3.00 bits per heavy atom. The van der Waals surface area contributed by atoms with Crippen LogP contribution in [0.2, 0.25) is 0 Å². The van der Waals surface area contributed by atoms with Gasteiger partial charge in [0.15, 0.2) is 0 Å². The zero-order valence-corrected chi connectivity index (χ0v) is 10.4. The van der Waals surface area contributed by atoms with Crippen molar-refractivity contribution in [3.8, 4) is 0 Å². The molecule has 2 unspecified atom stereocenters. The lowest BCUT2D eigenvalue weighted by atomic mass is 10.1. The number of ether oxygens (including phenoxy) is 1. The number of hydrogen-bond acceptors (Lipinski definition) is 3. The number of amides is 1. The maximum absolute atomic E-state index is 12.0. The van der Waals surface area contributed by atoms with E-state index in [0.717, 1.165) is 32.2 Å². The number of carbonyl (C=O) groups excluding carboxylic acids is 1. The van der Waals surface area contributed by atoms with Crippen LogP contribution in [0.3, 0.4) is 0 Å². The molecule has 16 heavy (non-hydrogen) atoms. The van der Waals surface area contributed by atoms with Crippen LogP contribution in [0.5, 0.6) is 0 Å². The van der Waals surface area contributed by atoms with Crippen LogP contribution < -0.4 is 5.73 Å². The maximum Gasteiger partial charge on any atom is 0.251 e. The summed E-state index contributed by atoms with van der Waals surface area (Å²) in [7, 11) is 0. The minimum Gasteiger partial charge on any atom is -0.369 e. The van der Waals surface area contributed by atoms with Crippen LogP contribution in [0, 0.1) is 0 Å². The normalized spacial score (nSPS) is 23.2. The van der Waals surface area contributed by atoms with Gasteiger partial charge in [0.2, 0.25) is 0 Å². The van der Waals surface area contributed by atoms with Gasteiger partial charge in [0.05, 0.1) is 0 Å². The van der Waals surface area contributed by atoms with Gasteiger partial charge in [-0.25, -0.2) is 0 Å². The molecule has 0 aromatic rings. The van der Waals surface area contributed by atoms with Crippen LogP contribution in [-0.4, -0.2) is 42.6 Å². The topological polar surface area (TPSA) is 55.6 Å². The minimum absolute atomic E-state index is 0.0891. The number of carbonyl (C=O) groups is 1. The Bertz CT molecular complexity index is 221. The molecule has 2 N–H and O–H groups in total. The van der Waals surface area contributed by atoms with Gasteiger partial charge >= 0.3 is 0 Å². The molecule has 0 spiro atoms. The molecule has 1 heterocycles. The van der Waals surface area contributed by atoms with Crippen molar-refractivity contribution in [1.82, 2.24) is 4.90 Å². The van der Waals surface area contributed by atoms with E-state index in [1.165, 1.54) is 0 Å². The van der Waals surface area contributed by atoms with Crippen molar-refractivity contribution in [2.45, 2.75) is 51.7 Å². The molecule has 0 aromatic heterocycles. The molecule has 0 bridgehead atoms. The molecule has 4 nitrogen and oxygen atoms in total. The molecule has 0 aromatic carbocycles. The molecule has 2 atom stereocenters. The van der Waals surface area contributed by atoms with Crippen LogP contribution in [0.15, 0.2) is 0 Å². The molecular weight excluding hydrogens is 204 g/mol. The van der Waals surface area contributed by atoms with E-state index in [2.05, 4.69) is 6.92 Å². The van der Waals surface area contributed by atoms with Crippen LogP contribution >= 0.6 is 0 Å². The molecule has 1 aliphatic rings. The fourth-order valence-corrected chi connectivity index (χ4v) is 1.94. The van der Waals surface area contributed by atoms with Crippen LogP contribution in [-0.2, 0) is 9.53 Å². The number of likely N-dealkylation sites (tertiary alicyclic amines) is 1. The predicted molar refractivity (Wildman–Crippen MR) is 64.1 cm³/mol. The summed E-state index contributed by atoms with van der Waals surface area (Å²) in [6, 6.07) is 0.139. The lowest BCUT2D eigenvalue weighted by molar-refractivity contribution is -0.143. The molecule has 1 saturated heterocycles. The largest absolute Gasteiger partial charge is 0.369 e. The minimum atomic E-state index is -0.322. The Kier molecular flexibility index (Phi) is 5.77. The first-order valence-corrected chi connectivity index (χ1v) is 6.31. The summed E-state index contributed by atoms with van der Waals surface area (Å²) in [4.78, 5) is 13.8. The van der Waals surface area contributed by atoms with E-state index in [-0.39, 0.29) is 18.1 Å². The summed E-state index contributed by atoms with van der Waals surface area (Å²) in [5.41, 5.74) is 5.85. The standard InChI is InChI=1S/C12H24N2O2/c1-3-4-8-16-10(2)12(15)14-7-5-6-11(13)9-14/h10-11H,3-9,13H2,1-2H3. The molecule has 94 valence electrons. The highest BCUT2D eigenvalue weighted by Gasteiger charge is 2.25. The van der Waals surface area contributed by atoms with Crippen molar-refractivity contribution >= 4 is 5.91 Å². The summed E-state index contributed by atoms with van der Waals surface area (Å²) >= 11 is 0. The number of piperidine rings is 1. The zero-order chi connectivity index (χ0) is 12.0. The zero-order valence-electron chi connectivity index (χ0n) is 10.4. The van der Waals surface area contributed by atoms with Gasteiger partial charge in [0.1, 0.15) is 6.10 Å². The monoisotopic (exact) mass is 228 g/mol. The first kappa shape index (κ1) is 13.5. The highest BCUT2D eigenvalue weighted by molar-refractivity contribution is 5.80. The number of rotatable bonds is 5. The first-order valence-electron chi connectivity index (χ1n) is 6.31. The summed E-state index contributed by atoms with van der Waals surface area (Å²) in [5, 5.41) is 0. The van der Waals surface area contributed by atoms with E-state index in [4.69, 9.17) is 10.5 Å². The third-order valence-corrected chi connectivity index (χ3v) is 2.98. The van der Waals surface area contributed by atoms with Crippen LogP contribution in [0.4, 0.5) is 0 Å². The van der Waals surface area contributed by atoms with Gasteiger partial charge in [-0.3, -0.25) is 4.79 Å². The number of nitrogens with zero attached hydrogens (tertiary/aromatic N) is 1. The van der Waals surface area contributed by atoms with E-state index >= 15 is 0 Å². The van der Waals surface area contributed by atoms with Crippen LogP contribution in [0.1, 0.15) is 39.5 Å². The molecule has 0 aliphatic carbocycles. The molecule has 1 rings (SSSR count). The SMILES string of the molecule is CCCCOC(C)C(=O)N1CCCC(N)C1. The summed E-state index contributed by atoms with van der Waals surface area (Å²) in [6.45, 7) is 6.12. The number of hydrogen-bond donors (Lipinski definition) is 1. The quantitative estimate of drug-likeness (QED) is 0.718. The Labute approximate surface area is 98.1 Å². The molecule has 1 aliphatic heterocycles.